The first-order valence-electron chi connectivity index (χ1n) is 10.2. The van der Waals surface area contributed by atoms with E-state index in [0.29, 0.717) is 17.1 Å². The average molecular weight is 590 g/mol. The number of sulfonamides is 1. The zero-order valence-corrected chi connectivity index (χ0v) is 21.5. The number of hydrazone groups is 1. The minimum absolute atomic E-state index is 0.0836. The summed E-state index contributed by atoms with van der Waals surface area (Å²) in [7, 11) is -3.98. The van der Waals surface area contributed by atoms with E-state index < -0.39 is 22.5 Å². The number of carbonyl (C=O) groups excluding carboxylic acids is 2. The van der Waals surface area contributed by atoms with Gasteiger partial charge in [0.05, 0.1) is 16.3 Å². The van der Waals surface area contributed by atoms with Crippen LogP contribution < -0.4 is 15.0 Å². The van der Waals surface area contributed by atoms with Gasteiger partial charge in [-0.25, -0.2) is 13.8 Å². The Bertz CT molecular complexity index is 1290. The molecule has 0 aromatic heterocycles. The van der Waals surface area contributed by atoms with Crippen LogP contribution in [0, 0.1) is 3.57 Å². The first-order valence-corrected chi connectivity index (χ1v) is 12.7. The van der Waals surface area contributed by atoms with Crippen LogP contribution in [0.4, 0.5) is 11.4 Å². The van der Waals surface area contributed by atoms with Crippen molar-refractivity contribution >= 4 is 61.5 Å². The molecule has 2 N–H and O–H groups in total. The topological polar surface area (TPSA) is 108 Å². The Morgan fingerprint density at radius 1 is 0.912 bits per heavy atom. The average Bonchev–Trinajstić information content (AvgIpc) is 2.82. The lowest BCUT2D eigenvalue weighted by molar-refractivity contribution is -0.119. The lowest BCUT2D eigenvalue weighted by Crippen LogP contribution is -2.39. The lowest BCUT2D eigenvalue weighted by Gasteiger charge is -2.23. The van der Waals surface area contributed by atoms with Crippen LogP contribution in [0.25, 0.3) is 0 Å². The maximum atomic E-state index is 13.3. The van der Waals surface area contributed by atoms with E-state index in [2.05, 4.69) is 38.4 Å². The molecule has 10 heteroatoms. The Labute approximate surface area is 212 Å². The van der Waals surface area contributed by atoms with Crippen LogP contribution in [0.15, 0.2) is 88.9 Å². The number of halogens is 1. The van der Waals surface area contributed by atoms with Crippen molar-refractivity contribution in [3.63, 3.8) is 0 Å². The highest BCUT2D eigenvalue weighted by Gasteiger charge is 2.27. The molecule has 0 saturated heterocycles. The Hall–Kier alpha value is -3.25. The summed E-state index contributed by atoms with van der Waals surface area (Å²) in [5, 5.41) is 6.79. The van der Waals surface area contributed by atoms with Gasteiger partial charge >= 0.3 is 0 Å². The summed E-state index contributed by atoms with van der Waals surface area (Å²) in [6.45, 7) is 2.69. The molecule has 2 amide bonds. The smallest absolute Gasteiger partial charge is 0.264 e. The molecule has 0 radical (unpaired) electrons. The van der Waals surface area contributed by atoms with Crippen molar-refractivity contribution in [3.05, 3.63) is 88.0 Å². The number of hydrogen-bond donors (Lipinski definition) is 2. The third kappa shape index (κ3) is 6.64. The van der Waals surface area contributed by atoms with Gasteiger partial charge in [-0.15, -0.1) is 0 Å². The number of nitrogens with zero attached hydrogens (tertiary/aromatic N) is 2. The summed E-state index contributed by atoms with van der Waals surface area (Å²) in [5.74, 6) is -0.763. The van der Waals surface area contributed by atoms with E-state index in [1.807, 2.05) is 0 Å². The molecule has 0 heterocycles. The predicted octanol–water partition coefficient (Wildman–Crippen LogP) is 3.99. The van der Waals surface area contributed by atoms with Gasteiger partial charge in [-0.2, -0.15) is 5.10 Å². The van der Waals surface area contributed by atoms with E-state index in [-0.39, 0.29) is 10.8 Å². The number of carbonyl (C=O) groups is 2. The molecule has 0 bridgehead atoms. The van der Waals surface area contributed by atoms with E-state index in [9.17, 15) is 18.0 Å². The van der Waals surface area contributed by atoms with E-state index in [0.717, 1.165) is 13.4 Å². The number of amides is 2. The van der Waals surface area contributed by atoms with Crippen molar-refractivity contribution in [2.24, 2.45) is 5.10 Å². The molecule has 3 aromatic rings. The molecule has 0 unspecified atom stereocenters. The van der Waals surface area contributed by atoms with Crippen LogP contribution >= 0.6 is 22.6 Å². The Morgan fingerprint density at radius 3 is 2.12 bits per heavy atom. The van der Waals surface area contributed by atoms with E-state index in [1.54, 1.807) is 73.7 Å². The molecule has 0 atom stereocenters. The molecule has 0 aliphatic carbocycles. The van der Waals surface area contributed by atoms with Crippen LogP contribution in [-0.4, -0.2) is 32.5 Å². The Kier molecular flexibility index (Phi) is 8.40. The number of rotatable bonds is 8. The van der Waals surface area contributed by atoms with Gasteiger partial charge in [0, 0.05) is 16.2 Å². The normalized spacial score (nSPS) is 11.6. The molecular weight excluding hydrogens is 567 g/mol. The predicted molar refractivity (Wildman–Crippen MR) is 141 cm³/mol. The number of benzene rings is 3. The zero-order chi connectivity index (χ0) is 24.7. The molecule has 0 fully saturated rings. The second-order valence-electron chi connectivity index (χ2n) is 7.29. The first-order chi connectivity index (χ1) is 16.2. The molecule has 3 rings (SSSR count). The van der Waals surface area contributed by atoms with E-state index in [4.69, 9.17) is 0 Å². The van der Waals surface area contributed by atoms with Gasteiger partial charge in [0.25, 0.3) is 15.9 Å². The fourth-order valence-electron chi connectivity index (χ4n) is 3.02. The number of nitrogens with one attached hydrogen (secondary N) is 2. The fraction of sp³-hybridized carbons (Fsp3) is 0.125. The van der Waals surface area contributed by atoms with E-state index in [1.165, 1.54) is 19.1 Å². The fourth-order valence-corrected chi connectivity index (χ4v) is 4.82. The molecule has 0 aliphatic heterocycles. The molecule has 0 spiro atoms. The highest BCUT2D eigenvalue weighted by atomic mass is 127. The molecule has 8 nitrogen and oxygen atoms in total. The van der Waals surface area contributed by atoms with Gasteiger partial charge in [-0.3, -0.25) is 13.9 Å². The van der Waals surface area contributed by atoms with Gasteiger partial charge in [0.2, 0.25) is 5.91 Å². The van der Waals surface area contributed by atoms with Crippen LogP contribution in [0.3, 0.4) is 0 Å². The molecule has 176 valence electrons. The van der Waals surface area contributed by atoms with Crippen molar-refractivity contribution in [3.8, 4) is 0 Å². The summed E-state index contributed by atoms with van der Waals surface area (Å²) in [6.07, 6.45) is 0. The standard InChI is InChI=1S/C24H23IN4O4S/c1-17(19-8-12-21(13-9-19)26-18(2)30)27-28-24(31)16-29(22-14-10-20(25)11-15-22)34(32,33)23-6-4-3-5-7-23/h3-15H,16H2,1-2H3,(H,26,30)(H,28,31)/b27-17-. The largest absolute Gasteiger partial charge is 0.326 e. The van der Waals surface area contributed by atoms with Gasteiger partial charge in [-0.05, 0) is 83.6 Å². The summed E-state index contributed by atoms with van der Waals surface area (Å²) >= 11 is 2.13. The summed E-state index contributed by atoms with van der Waals surface area (Å²) in [5.41, 5.74) is 4.71. The summed E-state index contributed by atoms with van der Waals surface area (Å²) < 4.78 is 28.6. The van der Waals surface area contributed by atoms with Gasteiger partial charge in [0.15, 0.2) is 0 Å². The van der Waals surface area contributed by atoms with Crippen LogP contribution in [0.1, 0.15) is 19.4 Å². The quantitative estimate of drug-likeness (QED) is 0.235. The van der Waals surface area contributed by atoms with E-state index >= 15 is 0 Å². The minimum Gasteiger partial charge on any atom is -0.326 e. The molecule has 0 aliphatic rings. The van der Waals surface area contributed by atoms with Crippen LogP contribution in [0.5, 0.6) is 0 Å². The lowest BCUT2D eigenvalue weighted by atomic mass is 10.1. The zero-order valence-electron chi connectivity index (χ0n) is 18.5. The molecule has 3 aromatic carbocycles. The third-order valence-corrected chi connectivity index (χ3v) is 7.21. The number of anilines is 2. The van der Waals surface area contributed by atoms with Crippen molar-refractivity contribution in [2.45, 2.75) is 18.7 Å². The van der Waals surface area contributed by atoms with Crippen molar-refractivity contribution in [2.75, 3.05) is 16.2 Å². The van der Waals surface area contributed by atoms with Crippen LogP contribution in [0.2, 0.25) is 0 Å². The van der Waals surface area contributed by atoms with Gasteiger partial charge in [-0.1, -0.05) is 30.3 Å². The van der Waals surface area contributed by atoms with Crippen molar-refractivity contribution in [1.29, 1.82) is 0 Å². The first kappa shape index (κ1) is 25.4. The SMILES string of the molecule is CC(=O)Nc1ccc(/C(C)=N\NC(=O)CN(c2ccc(I)cc2)S(=O)(=O)c2ccccc2)cc1. The Balaban J connectivity index is 1.79. The summed E-state index contributed by atoms with van der Waals surface area (Å²) in [6, 6.07) is 21.8. The molecular formula is C24H23IN4O4S. The highest BCUT2D eigenvalue weighted by Crippen LogP contribution is 2.24. The molecule has 34 heavy (non-hydrogen) atoms. The second-order valence-corrected chi connectivity index (χ2v) is 10.4. The third-order valence-electron chi connectivity index (χ3n) is 4.70. The Morgan fingerprint density at radius 2 is 1.53 bits per heavy atom. The van der Waals surface area contributed by atoms with Gasteiger partial charge < -0.3 is 5.32 Å². The van der Waals surface area contributed by atoms with Gasteiger partial charge in [0.1, 0.15) is 6.54 Å². The number of hydrogen-bond acceptors (Lipinski definition) is 5. The minimum atomic E-state index is -3.98. The second kappa shape index (κ2) is 11.3. The van der Waals surface area contributed by atoms with Crippen molar-refractivity contribution in [1.82, 2.24) is 5.43 Å². The molecule has 0 saturated carbocycles. The monoisotopic (exact) mass is 590 g/mol. The highest BCUT2D eigenvalue weighted by molar-refractivity contribution is 14.1. The van der Waals surface area contributed by atoms with Crippen LogP contribution in [-0.2, 0) is 19.6 Å². The maximum Gasteiger partial charge on any atom is 0.264 e. The maximum absolute atomic E-state index is 13.3. The summed E-state index contributed by atoms with van der Waals surface area (Å²) in [4.78, 5) is 23.9. The van der Waals surface area contributed by atoms with Crippen molar-refractivity contribution < 1.29 is 18.0 Å².